The van der Waals surface area contributed by atoms with Gasteiger partial charge in [-0.1, -0.05) is 42.5 Å². The van der Waals surface area contributed by atoms with Gasteiger partial charge in [0.05, 0.1) is 19.8 Å². The summed E-state index contributed by atoms with van der Waals surface area (Å²) in [4.78, 5) is 14.4. The molecule has 1 fully saturated rings. The number of morpholine rings is 1. The Morgan fingerprint density at radius 1 is 1.14 bits per heavy atom. The van der Waals surface area contributed by atoms with Gasteiger partial charge in [0.25, 0.3) is 5.91 Å². The van der Waals surface area contributed by atoms with Gasteiger partial charge >= 0.3 is 0 Å². The van der Waals surface area contributed by atoms with Crippen LogP contribution in [-0.2, 0) is 9.53 Å². The van der Waals surface area contributed by atoms with Crippen molar-refractivity contribution in [2.45, 2.75) is 12.5 Å². The van der Waals surface area contributed by atoms with Gasteiger partial charge in [-0.25, -0.2) is 0 Å². The van der Waals surface area contributed by atoms with Gasteiger partial charge in [-0.05, 0) is 24.1 Å². The van der Waals surface area contributed by atoms with E-state index in [1.807, 2.05) is 30.3 Å². The van der Waals surface area contributed by atoms with Crippen LogP contribution in [0.2, 0.25) is 0 Å². The number of carbonyl (C=O) groups excluding carboxylic acids is 1. The molecule has 28 heavy (non-hydrogen) atoms. The van der Waals surface area contributed by atoms with E-state index in [1.165, 1.54) is 5.56 Å². The van der Waals surface area contributed by atoms with Gasteiger partial charge in [-0.2, -0.15) is 0 Å². The first kappa shape index (κ1) is 20.2. The van der Waals surface area contributed by atoms with Crippen molar-refractivity contribution in [1.29, 1.82) is 0 Å². The molecular formula is C22H28N2O4. The van der Waals surface area contributed by atoms with Crippen LogP contribution in [-0.4, -0.2) is 57.3 Å². The summed E-state index contributed by atoms with van der Waals surface area (Å²) in [6.45, 7) is 4.08. The Kier molecular flexibility index (Phi) is 7.70. The molecular weight excluding hydrogens is 356 g/mol. The molecule has 0 saturated carbocycles. The average molecular weight is 384 g/mol. The van der Waals surface area contributed by atoms with Gasteiger partial charge in [0, 0.05) is 26.2 Å². The van der Waals surface area contributed by atoms with E-state index < -0.39 is 0 Å². The second-order valence-electron chi connectivity index (χ2n) is 6.71. The number of rotatable bonds is 9. The molecule has 1 N–H and O–H groups in total. The normalized spacial score (nSPS) is 17.1. The van der Waals surface area contributed by atoms with Crippen LogP contribution in [0, 0.1) is 0 Å². The Labute approximate surface area is 166 Å². The molecule has 1 saturated heterocycles. The summed E-state index contributed by atoms with van der Waals surface area (Å²) in [5.41, 5.74) is 1.22. The fourth-order valence-corrected chi connectivity index (χ4v) is 3.24. The van der Waals surface area contributed by atoms with E-state index in [1.54, 1.807) is 19.2 Å². The minimum absolute atomic E-state index is 0.0198. The maximum absolute atomic E-state index is 12.0. The van der Waals surface area contributed by atoms with Crippen LogP contribution in [0.5, 0.6) is 11.5 Å². The highest BCUT2D eigenvalue weighted by Crippen LogP contribution is 2.25. The molecule has 6 heteroatoms. The Morgan fingerprint density at radius 2 is 1.89 bits per heavy atom. The number of hydrogen-bond donors (Lipinski definition) is 1. The topological polar surface area (TPSA) is 60.0 Å². The number of nitrogens with zero attached hydrogens (tertiary/aromatic N) is 1. The van der Waals surface area contributed by atoms with Gasteiger partial charge in [0.2, 0.25) is 0 Å². The molecule has 150 valence electrons. The van der Waals surface area contributed by atoms with Crippen LogP contribution < -0.4 is 14.8 Å². The second kappa shape index (κ2) is 10.7. The van der Waals surface area contributed by atoms with Gasteiger partial charge in [-0.3, -0.25) is 9.69 Å². The third-order valence-electron chi connectivity index (χ3n) is 4.72. The minimum atomic E-state index is -0.130. The lowest BCUT2D eigenvalue weighted by molar-refractivity contribution is -0.123. The summed E-state index contributed by atoms with van der Waals surface area (Å²) >= 11 is 0. The van der Waals surface area contributed by atoms with Crippen LogP contribution in [0.4, 0.5) is 0 Å². The first-order valence-electron chi connectivity index (χ1n) is 9.67. The third kappa shape index (κ3) is 5.97. The highest BCUT2D eigenvalue weighted by molar-refractivity contribution is 5.77. The third-order valence-corrected chi connectivity index (χ3v) is 4.72. The zero-order valence-corrected chi connectivity index (χ0v) is 16.3. The highest BCUT2D eigenvalue weighted by Gasteiger charge is 2.21. The van der Waals surface area contributed by atoms with Crippen molar-refractivity contribution in [3.63, 3.8) is 0 Å². The summed E-state index contributed by atoms with van der Waals surface area (Å²) in [6.07, 6.45) is 1.01. The predicted octanol–water partition coefficient (Wildman–Crippen LogP) is 2.65. The number of benzene rings is 2. The van der Waals surface area contributed by atoms with Crippen LogP contribution in [0.25, 0.3) is 0 Å². The molecule has 3 rings (SSSR count). The van der Waals surface area contributed by atoms with E-state index in [-0.39, 0.29) is 18.6 Å². The summed E-state index contributed by atoms with van der Waals surface area (Å²) in [7, 11) is 1.58. The SMILES string of the molecule is COc1ccccc1OCC(=O)NCCCN1CCOC(c2ccccc2)C1. The Bertz CT molecular complexity index is 738. The number of para-hydroxylation sites is 2. The predicted molar refractivity (Wildman–Crippen MR) is 108 cm³/mol. The quantitative estimate of drug-likeness (QED) is 0.674. The lowest BCUT2D eigenvalue weighted by Crippen LogP contribution is -2.40. The van der Waals surface area contributed by atoms with Crippen molar-refractivity contribution in [3.05, 3.63) is 60.2 Å². The first-order chi connectivity index (χ1) is 13.8. The lowest BCUT2D eigenvalue weighted by Gasteiger charge is -2.33. The summed E-state index contributed by atoms with van der Waals surface area (Å²) in [5, 5.41) is 2.91. The number of carbonyl (C=O) groups is 1. The molecule has 1 unspecified atom stereocenters. The van der Waals surface area contributed by atoms with Crippen molar-refractivity contribution in [3.8, 4) is 11.5 Å². The van der Waals surface area contributed by atoms with Gasteiger partial charge < -0.3 is 19.5 Å². The molecule has 2 aromatic rings. The maximum atomic E-state index is 12.0. The molecule has 1 aliphatic heterocycles. The molecule has 2 aromatic carbocycles. The summed E-state index contributed by atoms with van der Waals surface area (Å²) in [6, 6.07) is 17.6. The van der Waals surface area contributed by atoms with E-state index in [2.05, 4.69) is 22.3 Å². The zero-order chi connectivity index (χ0) is 19.6. The monoisotopic (exact) mass is 384 g/mol. The molecule has 0 spiro atoms. The molecule has 1 amide bonds. The minimum Gasteiger partial charge on any atom is -0.493 e. The van der Waals surface area contributed by atoms with Crippen molar-refractivity contribution in [1.82, 2.24) is 10.2 Å². The maximum Gasteiger partial charge on any atom is 0.257 e. The molecule has 1 aliphatic rings. The van der Waals surface area contributed by atoms with Crippen LogP contribution in [0.1, 0.15) is 18.1 Å². The van der Waals surface area contributed by atoms with Crippen molar-refractivity contribution >= 4 is 5.91 Å². The molecule has 0 radical (unpaired) electrons. The van der Waals surface area contributed by atoms with E-state index in [0.717, 1.165) is 32.7 Å². The van der Waals surface area contributed by atoms with E-state index >= 15 is 0 Å². The molecule has 1 heterocycles. The Morgan fingerprint density at radius 3 is 2.68 bits per heavy atom. The molecule has 1 atom stereocenters. The van der Waals surface area contributed by atoms with Crippen LogP contribution in [0.15, 0.2) is 54.6 Å². The van der Waals surface area contributed by atoms with E-state index in [4.69, 9.17) is 14.2 Å². The highest BCUT2D eigenvalue weighted by atomic mass is 16.5. The smallest absolute Gasteiger partial charge is 0.257 e. The van der Waals surface area contributed by atoms with Crippen molar-refractivity contribution in [2.24, 2.45) is 0 Å². The molecule has 0 aliphatic carbocycles. The number of methoxy groups -OCH3 is 1. The van der Waals surface area contributed by atoms with Crippen LogP contribution in [0.3, 0.4) is 0 Å². The lowest BCUT2D eigenvalue weighted by atomic mass is 10.1. The Balaban J connectivity index is 1.33. The summed E-state index contributed by atoms with van der Waals surface area (Å²) < 4.78 is 16.6. The molecule has 6 nitrogen and oxygen atoms in total. The number of nitrogens with one attached hydrogen (secondary N) is 1. The second-order valence-corrected chi connectivity index (χ2v) is 6.71. The molecule has 0 aromatic heterocycles. The fourth-order valence-electron chi connectivity index (χ4n) is 3.24. The van der Waals surface area contributed by atoms with Gasteiger partial charge in [-0.15, -0.1) is 0 Å². The standard InChI is InChI=1S/C22H28N2O4/c1-26-19-10-5-6-11-20(19)28-17-22(25)23-12-7-13-24-14-15-27-21(16-24)18-8-3-2-4-9-18/h2-6,8-11,21H,7,12-17H2,1H3,(H,23,25). The van der Waals surface area contributed by atoms with E-state index in [9.17, 15) is 4.79 Å². The van der Waals surface area contributed by atoms with Gasteiger partial charge in [0.15, 0.2) is 18.1 Å². The number of ether oxygens (including phenoxy) is 3. The fraction of sp³-hybridized carbons (Fsp3) is 0.409. The average Bonchev–Trinajstić information content (AvgIpc) is 2.76. The van der Waals surface area contributed by atoms with E-state index in [0.29, 0.717) is 18.0 Å². The Hall–Kier alpha value is -2.57. The zero-order valence-electron chi connectivity index (χ0n) is 16.3. The number of amides is 1. The van der Waals surface area contributed by atoms with Crippen molar-refractivity contribution < 1.29 is 19.0 Å². The largest absolute Gasteiger partial charge is 0.493 e. The van der Waals surface area contributed by atoms with Gasteiger partial charge in [0.1, 0.15) is 0 Å². The number of hydrogen-bond acceptors (Lipinski definition) is 5. The first-order valence-corrected chi connectivity index (χ1v) is 9.67. The summed E-state index contributed by atoms with van der Waals surface area (Å²) in [5.74, 6) is 1.06. The molecule has 0 bridgehead atoms. The van der Waals surface area contributed by atoms with Crippen LogP contribution >= 0.6 is 0 Å². The van der Waals surface area contributed by atoms with Crippen molar-refractivity contribution in [2.75, 3.05) is 46.5 Å².